The van der Waals surface area contributed by atoms with Gasteiger partial charge < -0.3 is 14.6 Å². The molecule has 5 nitrogen and oxygen atoms in total. The van der Waals surface area contributed by atoms with Crippen LogP contribution in [0.3, 0.4) is 0 Å². The molecule has 0 spiro atoms. The summed E-state index contributed by atoms with van der Waals surface area (Å²) in [6, 6.07) is 15.1. The molecule has 0 bridgehead atoms. The highest BCUT2D eigenvalue weighted by atomic mass is 16.5. The predicted molar refractivity (Wildman–Crippen MR) is 103 cm³/mol. The van der Waals surface area contributed by atoms with Gasteiger partial charge in [-0.1, -0.05) is 24.3 Å². The molecule has 2 aromatic carbocycles. The van der Waals surface area contributed by atoms with Crippen LogP contribution in [0.5, 0.6) is 5.75 Å². The third-order valence-corrected chi connectivity index (χ3v) is 4.43. The molecule has 1 N–H and O–H groups in total. The number of aryl methyl sites for hydroxylation is 1. The molecule has 0 fully saturated rings. The van der Waals surface area contributed by atoms with E-state index in [2.05, 4.69) is 5.32 Å². The molecule has 0 unspecified atom stereocenters. The van der Waals surface area contributed by atoms with Crippen molar-refractivity contribution < 1.29 is 9.53 Å². The Balaban J connectivity index is 1.75. The normalized spacial score (nSPS) is 10.7. The van der Waals surface area contributed by atoms with Crippen molar-refractivity contribution in [2.45, 2.75) is 19.9 Å². The Morgan fingerprint density at radius 2 is 1.85 bits per heavy atom. The van der Waals surface area contributed by atoms with Crippen molar-refractivity contribution in [1.29, 1.82) is 0 Å². The Morgan fingerprint density at radius 1 is 1.12 bits per heavy atom. The molecule has 0 aliphatic rings. The van der Waals surface area contributed by atoms with E-state index in [0.717, 1.165) is 16.8 Å². The Morgan fingerprint density at radius 3 is 2.54 bits per heavy atom. The predicted octanol–water partition coefficient (Wildman–Crippen LogP) is 3.00. The molecular weight excluding hydrogens is 328 g/mol. The van der Waals surface area contributed by atoms with E-state index in [4.69, 9.17) is 4.74 Å². The number of benzene rings is 2. The number of nitrogens with one attached hydrogen (secondary N) is 1. The molecule has 0 aliphatic carbocycles. The maximum atomic E-state index is 12.7. The molecule has 5 heteroatoms. The van der Waals surface area contributed by atoms with Crippen molar-refractivity contribution in [3.63, 3.8) is 0 Å². The molecule has 3 aromatic rings. The van der Waals surface area contributed by atoms with Crippen LogP contribution < -0.4 is 15.5 Å². The average Bonchev–Trinajstić information content (AvgIpc) is 2.69. The summed E-state index contributed by atoms with van der Waals surface area (Å²) >= 11 is 0. The van der Waals surface area contributed by atoms with Crippen LogP contribution in [0.15, 0.2) is 59.5 Å². The highest BCUT2D eigenvalue weighted by molar-refractivity contribution is 5.97. The molecule has 1 amide bonds. The van der Waals surface area contributed by atoms with E-state index < -0.39 is 0 Å². The van der Waals surface area contributed by atoms with Gasteiger partial charge in [0.05, 0.1) is 12.6 Å². The summed E-state index contributed by atoms with van der Waals surface area (Å²) in [5.41, 5.74) is 1.89. The molecule has 0 saturated heterocycles. The van der Waals surface area contributed by atoms with Gasteiger partial charge in [0.25, 0.3) is 5.91 Å². The van der Waals surface area contributed by atoms with Crippen molar-refractivity contribution in [3.05, 3.63) is 76.1 Å². The summed E-state index contributed by atoms with van der Waals surface area (Å²) in [5.74, 6) is 0.463. The van der Waals surface area contributed by atoms with Crippen LogP contribution in [0.4, 0.5) is 0 Å². The van der Waals surface area contributed by atoms with Gasteiger partial charge in [-0.3, -0.25) is 9.59 Å². The van der Waals surface area contributed by atoms with E-state index in [0.29, 0.717) is 24.9 Å². The number of rotatable bonds is 6. The van der Waals surface area contributed by atoms with E-state index in [1.807, 2.05) is 54.0 Å². The number of hydrogen-bond acceptors (Lipinski definition) is 3. The summed E-state index contributed by atoms with van der Waals surface area (Å²) < 4.78 is 7.06. The highest BCUT2D eigenvalue weighted by Crippen LogP contribution is 2.13. The molecule has 0 atom stereocenters. The van der Waals surface area contributed by atoms with Gasteiger partial charge in [-0.05, 0) is 43.2 Å². The first-order chi connectivity index (χ1) is 12.6. The van der Waals surface area contributed by atoms with E-state index in [9.17, 15) is 9.59 Å². The number of amides is 1. The number of carbonyl (C=O) groups is 1. The summed E-state index contributed by atoms with van der Waals surface area (Å²) in [6.07, 6.45) is 2.33. The number of carbonyl (C=O) groups excluding carboxylic acids is 1. The lowest BCUT2D eigenvalue weighted by molar-refractivity contribution is 0.0952. The first kappa shape index (κ1) is 17.7. The monoisotopic (exact) mass is 350 g/mol. The number of aromatic nitrogens is 1. The van der Waals surface area contributed by atoms with Crippen molar-refractivity contribution >= 4 is 16.8 Å². The minimum absolute atomic E-state index is 0.181. The molecule has 0 aliphatic heterocycles. The minimum atomic E-state index is -0.337. The van der Waals surface area contributed by atoms with Crippen LogP contribution in [0.1, 0.15) is 22.8 Å². The summed E-state index contributed by atoms with van der Waals surface area (Å²) in [7, 11) is 1.63. The van der Waals surface area contributed by atoms with Crippen LogP contribution in [0.25, 0.3) is 10.9 Å². The van der Waals surface area contributed by atoms with Gasteiger partial charge >= 0.3 is 0 Å². The molecule has 0 radical (unpaired) electrons. The maximum Gasteiger partial charge on any atom is 0.256 e. The summed E-state index contributed by atoms with van der Waals surface area (Å²) in [5, 5.41) is 3.42. The fourth-order valence-electron chi connectivity index (χ4n) is 2.98. The fourth-order valence-corrected chi connectivity index (χ4v) is 2.98. The lowest BCUT2D eigenvalue weighted by Gasteiger charge is -2.12. The van der Waals surface area contributed by atoms with Crippen molar-refractivity contribution in [3.8, 4) is 5.75 Å². The van der Waals surface area contributed by atoms with Crippen LogP contribution in [-0.4, -0.2) is 24.1 Å². The maximum absolute atomic E-state index is 12.7. The Hall–Kier alpha value is -3.08. The van der Waals surface area contributed by atoms with Gasteiger partial charge in [-0.25, -0.2) is 0 Å². The summed E-state index contributed by atoms with van der Waals surface area (Å²) in [6.45, 7) is 3.14. The van der Waals surface area contributed by atoms with Crippen LogP contribution in [0.2, 0.25) is 0 Å². The topological polar surface area (TPSA) is 60.3 Å². The Bertz CT molecular complexity index is 975. The standard InChI is InChI=1S/C21H22N2O3/c1-3-23-14-18(20(24)17-6-4-5-7-19(17)23)21(25)22-13-12-15-8-10-16(26-2)11-9-15/h4-11,14H,3,12-13H2,1-2H3,(H,22,25). The van der Waals surface area contributed by atoms with Crippen LogP contribution >= 0.6 is 0 Å². The molecule has 26 heavy (non-hydrogen) atoms. The molecule has 1 aromatic heterocycles. The lowest BCUT2D eigenvalue weighted by Crippen LogP contribution is -2.31. The smallest absolute Gasteiger partial charge is 0.256 e. The van der Waals surface area contributed by atoms with E-state index in [1.54, 1.807) is 19.4 Å². The number of fused-ring (bicyclic) bond motifs is 1. The van der Waals surface area contributed by atoms with Gasteiger partial charge in [0.1, 0.15) is 11.3 Å². The van der Waals surface area contributed by atoms with E-state index in [-0.39, 0.29) is 16.9 Å². The second-order valence-corrected chi connectivity index (χ2v) is 6.03. The number of hydrogen-bond donors (Lipinski definition) is 1. The zero-order valence-corrected chi connectivity index (χ0v) is 15.0. The molecule has 1 heterocycles. The quantitative estimate of drug-likeness (QED) is 0.743. The van der Waals surface area contributed by atoms with Crippen LogP contribution in [0, 0.1) is 0 Å². The van der Waals surface area contributed by atoms with E-state index >= 15 is 0 Å². The van der Waals surface area contributed by atoms with Crippen LogP contribution in [-0.2, 0) is 13.0 Å². The average molecular weight is 350 g/mol. The zero-order chi connectivity index (χ0) is 18.5. The molecule has 3 rings (SSSR count). The SMILES string of the molecule is CCn1cc(C(=O)NCCc2ccc(OC)cc2)c(=O)c2ccccc21. The number of ether oxygens (including phenoxy) is 1. The van der Waals surface area contributed by atoms with Crippen molar-refractivity contribution in [2.75, 3.05) is 13.7 Å². The molecule has 0 saturated carbocycles. The number of para-hydroxylation sites is 1. The minimum Gasteiger partial charge on any atom is -0.497 e. The highest BCUT2D eigenvalue weighted by Gasteiger charge is 2.14. The van der Waals surface area contributed by atoms with Gasteiger partial charge in [0, 0.05) is 24.7 Å². The zero-order valence-electron chi connectivity index (χ0n) is 15.0. The van der Waals surface area contributed by atoms with Gasteiger partial charge in [0.15, 0.2) is 0 Å². The van der Waals surface area contributed by atoms with Gasteiger partial charge in [-0.2, -0.15) is 0 Å². The van der Waals surface area contributed by atoms with Gasteiger partial charge in [0.2, 0.25) is 5.43 Å². The first-order valence-electron chi connectivity index (χ1n) is 8.67. The molecular formula is C21H22N2O3. The second-order valence-electron chi connectivity index (χ2n) is 6.03. The lowest BCUT2D eigenvalue weighted by atomic mass is 10.1. The van der Waals surface area contributed by atoms with Gasteiger partial charge in [-0.15, -0.1) is 0 Å². The summed E-state index contributed by atoms with van der Waals surface area (Å²) in [4.78, 5) is 25.2. The number of methoxy groups -OCH3 is 1. The third kappa shape index (κ3) is 3.61. The van der Waals surface area contributed by atoms with E-state index in [1.165, 1.54) is 0 Å². The fraction of sp³-hybridized carbons (Fsp3) is 0.238. The largest absolute Gasteiger partial charge is 0.497 e. The van der Waals surface area contributed by atoms with Crippen molar-refractivity contribution in [2.24, 2.45) is 0 Å². The van der Waals surface area contributed by atoms with Crippen molar-refractivity contribution in [1.82, 2.24) is 9.88 Å². The second kappa shape index (κ2) is 7.87. The molecule has 134 valence electrons. The first-order valence-corrected chi connectivity index (χ1v) is 8.67. The Kier molecular flexibility index (Phi) is 5.37. The Labute approximate surface area is 152 Å². The third-order valence-electron chi connectivity index (χ3n) is 4.43. The number of pyridine rings is 1. The number of nitrogens with zero attached hydrogens (tertiary/aromatic N) is 1.